The quantitative estimate of drug-likeness (QED) is 0.905. The minimum atomic E-state index is -3.44. The lowest BCUT2D eigenvalue weighted by molar-refractivity contribution is 0.310. The van der Waals surface area contributed by atoms with Crippen LogP contribution >= 0.6 is 24.0 Å². The van der Waals surface area contributed by atoms with Crippen molar-refractivity contribution >= 4 is 34.0 Å². The van der Waals surface area contributed by atoms with Crippen molar-refractivity contribution in [2.24, 2.45) is 0 Å². The second kappa shape index (κ2) is 6.41. The van der Waals surface area contributed by atoms with Crippen molar-refractivity contribution in [2.45, 2.75) is 24.8 Å². The van der Waals surface area contributed by atoms with Crippen LogP contribution in [-0.2, 0) is 10.0 Å². The molecule has 7 heteroatoms. The van der Waals surface area contributed by atoms with Crippen LogP contribution in [-0.4, -0.2) is 38.4 Å². The molecule has 19 heavy (non-hydrogen) atoms. The van der Waals surface area contributed by atoms with Crippen LogP contribution in [0.25, 0.3) is 0 Å². The zero-order valence-corrected chi connectivity index (χ0v) is 13.3. The average Bonchev–Trinajstić information content (AvgIpc) is 2.32. The molecule has 1 aromatic carbocycles. The van der Waals surface area contributed by atoms with Gasteiger partial charge >= 0.3 is 0 Å². The topological polar surface area (TPSA) is 49.4 Å². The predicted octanol–water partition coefficient (Wildman–Crippen LogP) is 2.05. The van der Waals surface area contributed by atoms with Gasteiger partial charge in [0.05, 0.1) is 4.90 Å². The Morgan fingerprint density at radius 2 is 2.11 bits per heavy atom. The van der Waals surface area contributed by atoms with E-state index in [4.69, 9.17) is 11.6 Å². The van der Waals surface area contributed by atoms with Crippen LogP contribution in [0.3, 0.4) is 0 Å². The highest BCUT2D eigenvalue weighted by Crippen LogP contribution is 2.24. The molecule has 0 radical (unpaired) electrons. The third-order valence-corrected chi connectivity index (χ3v) is 5.34. The first-order valence-corrected chi connectivity index (χ1v) is 7.73. The van der Waals surface area contributed by atoms with E-state index >= 15 is 0 Å². The lowest BCUT2D eigenvalue weighted by Gasteiger charge is -2.31. The van der Waals surface area contributed by atoms with E-state index < -0.39 is 10.0 Å². The number of sulfonamides is 1. The number of piperazine rings is 1. The van der Waals surface area contributed by atoms with E-state index in [1.807, 2.05) is 6.92 Å². The van der Waals surface area contributed by atoms with E-state index in [0.29, 0.717) is 29.6 Å². The number of rotatable bonds is 2. The van der Waals surface area contributed by atoms with Crippen molar-refractivity contribution in [3.8, 4) is 0 Å². The summed E-state index contributed by atoms with van der Waals surface area (Å²) in [5.74, 6) is 0. The fraction of sp³-hybridized carbons (Fsp3) is 0.500. The summed E-state index contributed by atoms with van der Waals surface area (Å²) in [6.07, 6.45) is 0. The normalized spacial score (nSPS) is 20.9. The van der Waals surface area contributed by atoms with Crippen molar-refractivity contribution in [1.82, 2.24) is 9.62 Å². The Morgan fingerprint density at radius 3 is 2.74 bits per heavy atom. The second-order valence-corrected chi connectivity index (χ2v) is 6.97. The van der Waals surface area contributed by atoms with Crippen molar-refractivity contribution in [2.75, 3.05) is 19.6 Å². The molecule has 1 heterocycles. The number of hydrogen-bond acceptors (Lipinski definition) is 3. The molecular weight excluding hydrogens is 307 g/mol. The third-order valence-electron chi connectivity index (χ3n) is 3.10. The summed E-state index contributed by atoms with van der Waals surface area (Å²) >= 11 is 5.90. The van der Waals surface area contributed by atoms with Gasteiger partial charge in [-0.1, -0.05) is 17.7 Å². The molecule has 1 N–H and O–H groups in total. The summed E-state index contributed by atoms with van der Waals surface area (Å²) in [5, 5.41) is 3.68. The molecule has 0 aliphatic carbocycles. The first kappa shape index (κ1) is 16.7. The first-order chi connectivity index (χ1) is 8.41. The van der Waals surface area contributed by atoms with Gasteiger partial charge in [-0.3, -0.25) is 0 Å². The highest BCUT2D eigenvalue weighted by Gasteiger charge is 2.29. The molecule has 4 nitrogen and oxygen atoms in total. The van der Waals surface area contributed by atoms with Gasteiger partial charge in [-0.15, -0.1) is 12.4 Å². The maximum absolute atomic E-state index is 12.5. The Morgan fingerprint density at radius 1 is 1.42 bits per heavy atom. The van der Waals surface area contributed by atoms with E-state index in [0.717, 1.165) is 5.56 Å². The second-order valence-electron chi connectivity index (χ2n) is 4.63. The molecule has 1 saturated heterocycles. The molecule has 0 unspecified atom stereocenters. The predicted molar refractivity (Wildman–Crippen MR) is 79.7 cm³/mol. The molecule has 2 rings (SSSR count). The molecule has 108 valence electrons. The number of hydrogen-bond donors (Lipinski definition) is 1. The minimum absolute atomic E-state index is 0. The number of aryl methyl sites for hydroxylation is 1. The van der Waals surface area contributed by atoms with Crippen LogP contribution in [0.5, 0.6) is 0 Å². The zero-order chi connectivity index (χ0) is 13.3. The summed E-state index contributed by atoms with van der Waals surface area (Å²) in [7, 11) is -3.44. The fourth-order valence-corrected chi connectivity index (χ4v) is 4.12. The maximum atomic E-state index is 12.5. The van der Waals surface area contributed by atoms with E-state index in [2.05, 4.69) is 5.32 Å². The molecule has 1 aliphatic rings. The first-order valence-electron chi connectivity index (χ1n) is 5.91. The Balaban J connectivity index is 0.00000180. The summed E-state index contributed by atoms with van der Waals surface area (Å²) < 4.78 is 26.6. The minimum Gasteiger partial charge on any atom is -0.312 e. The SMILES string of the molecule is Cc1ccc(Cl)cc1S(=O)(=O)N1CCN[C@@H](C)C1.Cl. The zero-order valence-electron chi connectivity index (χ0n) is 10.9. The molecule has 0 spiro atoms. The number of benzene rings is 1. The Kier molecular flexibility index (Phi) is 5.65. The smallest absolute Gasteiger partial charge is 0.243 e. The molecule has 0 amide bonds. The number of halogens is 2. The van der Waals surface area contributed by atoms with Gasteiger partial charge in [-0.2, -0.15) is 4.31 Å². The molecule has 1 aromatic rings. The van der Waals surface area contributed by atoms with Crippen LogP contribution in [0.1, 0.15) is 12.5 Å². The molecular formula is C12H18Cl2N2O2S. The molecule has 1 fully saturated rings. The number of nitrogens with one attached hydrogen (secondary N) is 1. The van der Waals surface area contributed by atoms with Crippen LogP contribution in [0, 0.1) is 6.92 Å². The van der Waals surface area contributed by atoms with Crippen LogP contribution in [0.15, 0.2) is 23.1 Å². The van der Waals surface area contributed by atoms with E-state index in [1.165, 1.54) is 10.4 Å². The highest BCUT2D eigenvalue weighted by atomic mass is 35.5. The van der Waals surface area contributed by atoms with Crippen molar-refractivity contribution in [1.29, 1.82) is 0 Å². The highest BCUT2D eigenvalue weighted by molar-refractivity contribution is 7.89. The van der Waals surface area contributed by atoms with Crippen LogP contribution < -0.4 is 5.32 Å². The van der Waals surface area contributed by atoms with Gasteiger partial charge in [0.1, 0.15) is 0 Å². The summed E-state index contributed by atoms with van der Waals surface area (Å²) in [6, 6.07) is 5.14. The molecule has 0 saturated carbocycles. The summed E-state index contributed by atoms with van der Waals surface area (Å²) in [6.45, 7) is 5.44. The van der Waals surface area contributed by atoms with Gasteiger partial charge in [0.2, 0.25) is 10.0 Å². The Hall–Kier alpha value is -0.330. The van der Waals surface area contributed by atoms with Crippen molar-refractivity contribution in [3.63, 3.8) is 0 Å². The van der Waals surface area contributed by atoms with E-state index in [-0.39, 0.29) is 18.4 Å². The monoisotopic (exact) mass is 324 g/mol. The van der Waals surface area contributed by atoms with Gasteiger partial charge in [0.15, 0.2) is 0 Å². The third kappa shape index (κ3) is 3.61. The summed E-state index contributed by atoms with van der Waals surface area (Å²) in [4.78, 5) is 0.309. The van der Waals surface area contributed by atoms with Gasteiger partial charge in [-0.05, 0) is 31.5 Å². The van der Waals surface area contributed by atoms with E-state index in [9.17, 15) is 8.42 Å². The van der Waals surface area contributed by atoms with Crippen molar-refractivity contribution in [3.05, 3.63) is 28.8 Å². The summed E-state index contributed by atoms with van der Waals surface area (Å²) in [5.41, 5.74) is 0.727. The number of nitrogens with zero attached hydrogens (tertiary/aromatic N) is 1. The van der Waals surface area contributed by atoms with E-state index in [1.54, 1.807) is 19.1 Å². The largest absolute Gasteiger partial charge is 0.312 e. The van der Waals surface area contributed by atoms with Gasteiger partial charge in [0, 0.05) is 30.7 Å². The lowest BCUT2D eigenvalue weighted by atomic mass is 10.2. The average molecular weight is 325 g/mol. The lowest BCUT2D eigenvalue weighted by Crippen LogP contribution is -2.51. The molecule has 0 bridgehead atoms. The molecule has 1 aliphatic heterocycles. The fourth-order valence-electron chi connectivity index (χ4n) is 2.11. The van der Waals surface area contributed by atoms with Gasteiger partial charge < -0.3 is 5.32 Å². The molecule has 1 atom stereocenters. The van der Waals surface area contributed by atoms with Crippen molar-refractivity contribution < 1.29 is 8.42 Å². The van der Waals surface area contributed by atoms with Gasteiger partial charge in [-0.25, -0.2) is 8.42 Å². The van der Waals surface area contributed by atoms with Gasteiger partial charge in [0.25, 0.3) is 0 Å². The van der Waals surface area contributed by atoms with Crippen LogP contribution in [0.2, 0.25) is 5.02 Å². The van der Waals surface area contributed by atoms with Crippen LogP contribution in [0.4, 0.5) is 0 Å². The Labute approximate surface area is 125 Å². The Bertz CT molecular complexity index is 549. The molecule has 0 aromatic heterocycles. The standard InChI is InChI=1S/C12H17ClN2O2S.ClH/c1-9-3-4-11(13)7-12(9)18(16,17)15-6-5-14-10(2)8-15;/h3-4,7,10,14H,5-6,8H2,1-2H3;1H/t10-;/m0./s1. The maximum Gasteiger partial charge on any atom is 0.243 e.